The summed E-state index contributed by atoms with van der Waals surface area (Å²) in [5, 5.41) is 3.96. The summed E-state index contributed by atoms with van der Waals surface area (Å²) in [6.45, 7) is 1.29. The third kappa shape index (κ3) is 3.49. The Morgan fingerprint density at radius 2 is 1.81 bits per heavy atom. The van der Waals surface area contributed by atoms with Crippen LogP contribution in [0.25, 0.3) is 11.5 Å². The lowest BCUT2D eigenvalue weighted by molar-refractivity contribution is 0.258. The number of hydrogen-bond acceptors (Lipinski definition) is 6. The zero-order chi connectivity index (χ0) is 14.5. The van der Waals surface area contributed by atoms with Gasteiger partial charge in [0.2, 0.25) is 11.7 Å². The van der Waals surface area contributed by atoms with Crippen molar-refractivity contribution >= 4 is 0 Å². The molecule has 0 radical (unpaired) electrons. The number of nitrogens with zero attached hydrogens (tertiary/aromatic N) is 5. The smallest absolute Gasteiger partial charge is 0.241 e. The molecule has 3 aromatic heterocycles. The molecule has 106 valence electrons. The van der Waals surface area contributed by atoms with Crippen LogP contribution in [0.2, 0.25) is 0 Å². The minimum atomic E-state index is 0.511. The molecule has 0 atom stereocenters. The van der Waals surface area contributed by atoms with Gasteiger partial charge >= 0.3 is 0 Å². The minimum Gasteiger partial charge on any atom is -0.337 e. The number of hydrogen-bond donors (Lipinski definition) is 0. The van der Waals surface area contributed by atoms with Crippen molar-refractivity contribution < 1.29 is 4.52 Å². The van der Waals surface area contributed by atoms with Gasteiger partial charge in [-0.3, -0.25) is 14.9 Å². The molecule has 0 aliphatic heterocycles. The van der Waals surface area contributed by atoms with E-state index in [1.807, 2.05) is 43.4 Å². The second kappa shape index (κ2) is 6.23. The molecule has 3 aromatic rings. The van der Waals surface area contributed by atoms with Crippen LogP contribution in [0.5, 0.6) is 0 Å². The molecular formula is C15H15N5O. The molecule has 21 heavy (non-hydrogen) atoms. The molecule has 6 heteroatoms. The van der Waals surface area contributed by atoms with E-state index in [1.54, 1.807) is 12.4 Å². The predicted octanol–water partition coefficient (Wildman–Crippen LogP) is 2.16. The Hall–Kier alpha value is -2.60. The highest BCUT2D eigenvalue weighted by atomic mass is 16.5. The molecule has 0 aliphatic carbocycles. The molecule has 0 bridgehead atoms. The van der Waals surface area contributed by atoms with E-state index in [2.05, 4.69) is 25.0 Å². The van der Waals surface area contributed by atoms with Crippen molar-refractivity contribution in [1.29, 1.82) is 0 Å². The summed E-state index contributed by atoms with van der Waals surface area (Å²) < 4.78 is 5.26. The third-order valence-corrected chi connectivity index (χ3v) is 2.93. The average molecular weight is 281 g/mol. The average Bonchev–Trinajstić information content (AvgIpc) is 2.97. The van der Waals surface area contributed by atoms with E-state index < -0.39 is 0 Å². The number of aromatic nitrogens is 4. The first kappa shape index (κ1) is 13.4. The molecule has 0 unspecified atom stereocenters. The molecule has 0 N–H and O–H groups in total. The highest BCUT2D eigenvalue weighted by molar-refractivity contribution is 5.46. The molecule has 0 fully saturated rings. The standard InChI is InChI=1S/C15H15N5O/c1-20(10-12-6-2-4-8-16-12)11-14-18-15(19-21-14)13-7-3-5-9-17-13/h2-9H,10-11H2,1H3. The number of pyridine rings is 2. The van der Waals surface area contributed by atoms with Crippen LogP contribution in [0.4, 0.5) is 0 Å². The molecule has 0 aliphatic rings. The van der Waals surface area contributed by atoms with Gasteiger partial charge in [0.1, 0.15) is 5.69 Å². The van der Waals surface area contributed by atoms with Crippen molar-refractivity contribution in [3.8, 4) is 11.5 Å². The summed E-state index contributed by atoms with van der Waals surface area (Å²) in [5.74, 6) is 1.07. The molecule has 3 heterocycles. The summed E-state index contributed by atoms with van der Waals surface area (Å²) in [7, 11) is 1.99. The fourth-order valence-electron chi connectivity index (χ4n) is 1.97. The van der Waals surface area contributed by atoms with Crippen LogP contribution in [0.3, 0.4) is 0 Å². The summed E-state index contributed by atoms with van der Waals surface area (Å²) in [6.07, 6.45) is 3.49. The van der Waals surface area contributed by atoms with Crippen molar-refractivity contribution in [2.45, 2.75) is 13.1 Å². The monoisotopic (exact) mass is 281 g/mol. The summed E-state index contributed by atoms with van der Waals surface area (Å²) in [6, 6.07) is 11.5. The van der Waals surface area contributed by atoms with Crippen LogP contribution in [0.15, 0.2) is 53.3 Å². The van der Waals surface area contributed by atoms with E-state index >= 15 is 0 Å². The van der Waals surface area contributed by atoms with Crippen LogP contribution >= 0.6 is 0 Å². The Balaban J connectivity index is 1.65. The maximum absolute atomic E-state index is 5.26. The van der Waals surface area contributed by atoms with Crippen molar-refractivity contribution in [2.75, 3.05) is 7.05 Å². The van der Waals surface area contributed by atoms with Gasteiger partial charge in [0, 0.05) is 18.9 Å². The van der Waals surface area contributed by atoms with Crippen LogP contribution in [-0.2, 0) is 13.1 Å². The SMILES string of the molecule is CN(Cc1ccccn1)Cc1nc(-c2ccccn2)no1. The van der Waals surface area contributed by atoms with Gasteiger partial charge < -0.3 is 4.52 Å². The van der Waals surface area contributed by atoms with E-state index in [0.29, 0.717) is 24.0 Å². The molecule has 0 spiro atoms. The lowest BCUT2D eigenvalue weighted by Gasteiger charge is -2.12. The first-order chi connectivity index (χ1) is 10.3. The second-order valence-electron chi connectivity index (χ2n) is 4.72. The highest BCUT2D eigenvalue weighted by Gasteiger charge is 2.11. The molecule has 0 amide bonds. The molecule has 0 aromatic carbocycles. The molecule has 3 rings (SSSR count). The van der Waals surface area contributed by atoms with Gasteiger partial charge in [0.15, 0.2) is 0 Å². The van der Waals surface area contributed by atoms with Gasteiger partial charge in [0.05, 0.1) is 12.2 Å². The van der Waals surface area contributed by atoms with Crippen molar-refractivity contribution in [1.82, 2.24) is 25.0 Å². The zero-order valence-corrected chi connectivity index (χ0v) is 11.7. The van der Waals surface area contributed by atoms with Gasteiger partial charge in [-0.25, -0.2) is 0 Å². The maximum atomic E-state index is 5.26. The fourth-order valence-corrected chi connectivity index (χ4v) is 1.97. The van der Waals surface area contributed by atoms with E-state index in [4.69, 9.17) is 4.52 Å². The Bertz CT molecular complexity index is 684. The fraction of sp³-hybridized carbons (Fsp3) is 0.200. The highest BCUT2D eigenvalue weighted by Crippen LogP contribution is 2.13. The van der Waals surface area contributed by atoms with Crippen LogP contribution in [-0.4, -0.2) is 32.1 Å². The third-order valence-electron chi connectivity index (χ3n) is 2.93. The van der Waals surface area contributed by atoms with Crippen LogP contribution < -0.4 is 0 Å². The molecule has 0 saturated carbocycles. The Morgan fingerprint density at radius 3 is 2.52 bits per heavy atom. The lowest BCUT2D eigenvalue weighted by Crippen LogP contribution is -2.18. The Labute approximate surface area is 122 Å². The Kier molecular flexibility index (Phi) is 3.97. The van der Waals surface area contributed by atoms with E-state index in [1.165, 1.54) is 0 Å². The summed E-state index contributed by atoms with van der Waals surface area (Å²) in [5.41, 5.74) is 1.71. The van der Waals surface area contributed by atoms with E-state index in [-0.39, 0.29) is 0 Å². The quantitative estimate of drug-likeness (QED) is 0.714. The summed E-state index contributed by atoms with van der Waals surface area (Å²) in [4.78, 5) is 14.9. The van der Waals surface area contributed by atoms with Crippen LogP contribution in [0.1, 0.15) is 11.6 Å². The van der Waals surface area contributed by atoms with E-state index in [0.717, 1.165) is 12.2 Å². The molecule has 0 saturated heterocycles. The van der Waals surface area contributed by atoms with E-state index in [9.17, 15) is 0 Å². The van der Waals surface area contributed by atoms with Gasteiger partial charge in [0.25, 0.3) is 0 Å². The Morgan fingerprint density at radius 1 is 1.00 bits per heavy atom. The lowest BCUT2D eigenvalue weighted by atomic mass is 10.3. The van der Waals surface area contributed by atoms with Gasteiger partial charge in [-0.2, -0.15) is 4.98 Å². The molecular weight excluding hydrogens is 266 g/mol. The first-order valence-corrected chi connectivity index (χ1v) is 6.64. The first-order valence-electron chi connectivity index (χ1n) is 6.64. The van der Waals surface area contributed by atoms with Crippen molar-refractivity contribution in [3.05, 3.63) is 60.4 Å². The van der Waals surface area contributed by atoms with Gasteiger partial charge in [-0.15, -0.1) is 0 Å². The predicted molar refractivity (Wildman–Crippen MR) is 76.9 cm³/mol. The zero-order valence-electron chi connectivity index (χ0n) is 11.7. The van der Waals surface area contributed by atoms with Gasteiger partial charge in [-0.1, -0.05) is 17.3 Å². The molecule has 6 nitrogen and oxygen atoms in total. The maximum Gasteiger partial charge on any atom is 0.241 e. The van der Waals surface area contributed by atoms with Crippen molar-refractivity contribution in [3.63, 3.8) is 0 Å². The van der Waals surface area contributed by atoms with Gasteiger partial charge in [-0.05, 0) is 31.3 Å². The summed E-state index contributed by atoms with van der Waals surface area (Å²) >= 11 is 0. The van der Waals surface area contributed by atoms with Crippen molar-refractivity contribution in [2.24, 2.45) is 0 Å². The topological polar surface area (TPSA) is 67.9 Å². The van der Waals surface area contributed by atoms with Crippen LogP contribution in [0, 0.1) is 0 Å². The number of rotatable bonds is 5. The largest absolute Gasteiger partial charge is 0.337 e. The second-order valence-corrected chi connectivity index (χ2v) is 4.72. The minimum absolute atomic E-state index is 0.511. The normalized spacial score (nSPS) is 11.0.